The summed E-state index contributed by atoms with van der Waals surface area (Å²) in [5.41, 5.74) is 1.87. The third kappa shape index (κ3) is 3.64. The van der Waals surface area contributed by atoms with Crippen molar-refractivity contribution in [2.45, 2.75) is 13.8 Å². The molecule has 2 nitrogen and oxygen atoms in total. The predicted octanol–water partition coefficient (Wildman–Crippen LogP) is 1.68. The van der Waals surface area contributed by atoms with Gasteiger partial charge in [-0.25, -0.2) is 0 Å². The predicted molar refractivity (Wildman–Crippen MR) is 42.3 cm³/mol. The highest BCUT2D eigenvalue weighted by molar-refractivity contribution is 5.93. The third-order valence-electron chi connectivity index (χ3n) is 1.02. The summed E-state index contributed by atoms with van der Waals surface area (Å²) >= 11 is 0. The summed E-state index contributed by atoms with van der Waals surface area (Å²) in [6.45, 7) is 7.19. The Labute approximate surface area is 56.0 Å². The molecule has 0 bridgehead atoms. The van der Waals surface area contributed by atoms with E-state index in [4.69, 9.17) is 0 Å². The van der Waals surface area contributed by atoms with E-state index in [-0.39, 0.29) is 0 Å². The number of allylic oxidation sites excluding steroid dienone is 2. The number of aliphatic imine (C=N–C) groups is 2. The quantitative estimate of drug-likeness (QED) is 0.500. The molecule has 0 atom stereocenters. The summed E-state index contributed by atoms with van der Waals surface area (Å²) < 4.78 is 0. The lowest BCUT2D eigenvalue weighted by Crippen LogP contribution is -1.83. The number of hydrogen-bond donors (Lipinski definition) is 0. The van der Waals surface area contributed by atoms with Gasteiger partial charge >= 0.3 is 0 Å². The second kappa shape index (κ2) is 4.01. The Morgan fingerprint density at radius 2 is 2.00 bits per heavy atom. The second-order valence-corrected chi connectivity index (χ2v) is 1.81. The van der Waals surface area contributed by atoms with Crippen molar-refractivity contribution >= 4 is 12.4 Å². The smallest absolute Gasteiger partial charge is 0.0383 e. The number of rotatable bonds is 2. The molecule has 0 aromatic rings. The van der Waals surface area contributed by atoms with Crippen LogP contribution in [0.3, 0.4) is 0 Å². The van der Waals surface area contributed by atoms with Crippen LogP contribution in [0.1, 0.15) is 13.8 Å². The van der Waals surface area contributed by atoms with Crippen LogP contribution in [0.25, 0.3) is 0 Å². The van der Waals surface area contributed by atoms with Crippen LogP contribution in [-0.4, -0.2) is 19.5 Å². The fraction of sp³-hybridized carbons (Fsp3) is 0.429. The lowest BCUT2D eigenvalue weighted by Gasteiger charge is -1.88. The minimum absolute atomic E-state index is 0.901. The molecule has 0 spiro atoms. The van der Waals surface area contributed by atoms with Crippen molar-refractivity contribution in [3.8, 4) is 0 Å². The van der Waals surface area contributed by atoms with Gasteiger partial charge in [0, 0.05) is 18.5 Å². The number of hydrogen-bond acceptors (Lipinski definition) is 2. The molecule has 2 heteroatoms. The monoisotopic (exact) mass is 124 g/mol. The molecule has 0 aliphatic rings. The molecular weight excluding hydrogens is 112 g/mol. The van der Waals surface area contributed by atoms with Crippen molar-refractivity contribution in [2.75, 3.05) is 7.05 Å². The summed E-state index contributed by atoms with van der Waals surface area (Å²) in [6, 6.07) is 0. The SMILES string of the molecule is C=N/C(C)=C\C(C)=N/C. The average Bonchev–Trinajstić information content (AvgIpc) is 1.87. The van der Waals surface area contributed by atoms with Gasteiger partial charge in [0.05, 0.1) is 0 Å². The topological polar surface area (TPSA) is 24.7 Å². The molecule has 9 heavy (non-hydrogen) atoms. The van der Waals surface area contributed by atoms with Crippen LogP contribution in [0.15, 0.2) is 21.8 Å². The molecule has 0 aromatic heterocycles. The first kappa shape index (κ1) is 8.08. The highest BCUT2D eigenvalue weighted by Gasteiger charge is 1.82. The Hall–Kier alpha value is -0.920. The Kier molecular flexibility index (Phi) is 3.60. The van der Waals surface area contributed by atoms with Gasteiger partial charge in [-0.1, -0.05) is 0 Å². The van der Waals surface area contributed by atoms with Gasteiger partial charge in [-0.2, -0.15) is 0 Å². The first-order valence-electron chi connectivity index (χ1n) is 2.79. The lowest BCUT2D eigenvalue weighted by atomic mass is 10.3. The summed E-state index contributed by atoms with van der Waals surface area (Å²) in [6.07, 6.45) is 1.88. The minimum Gasteiger partial charge on any atom is -0.293 e. The highest BCUT2D eigenvalue weighted by atomic mass is 14.7. The van der Waals surface area contributed by atoms with Crippen LogP contribution in [0, 0.1) is 0 Å². The van der Waals surface area contributed by atoms with E-state index in [1.54, 1.807) is 7.05 Å². The van der Waals surface area contributed by atoms with E-state index in [1.807, 2.05) is 19.9 Å². The van der Waals surface area contributed by atoms with Crippen molar-refractivity contribution in [1.82, 2.24) is 0 Å². The fourth-order valence-electron chi connectivity index (χ4n) is 0.412. The third-order valence-corrected chi connectivity index (χ3v) is 1.02. The molecule has 0 fully saturated rings. The van der Waals surface area contributed by atoms with E-state index in [0.29, 0.717) is 0 Å². The van der Waals surface area contributed by atoms with E-state index in [1.165, 1.54) is 0 Å². The molecule has 0 N–H and O–H groups in total. The molecular formula is C7H12N2. The van der Waals surface area contributed by atoms with Crippen molar-refractivity contribution in [2.24, 2.45) is 9.98 Å². The standard InChI is InChI=1S/C7H12N2/c1-6(8-3)5-7(2)9-4/h5H,3H2,1-2,4H3/b6-5-,9-7-. The van der Waals surface area contributed by atoms with Crippen molar-refractivity contribution in [3.05, 3.63) is 11.8 Å². The van der Waals surface area contributed by atoms with E-state index in [0.717, 1.165) is 11.4 Å². The molecule has 0 amide bonds. The Balaban J connectivity index is 4.11. The van der Waals surface area contributed by atoms with Gasteiger partial charge in [0.15, 0.2) is 0 Å². The lowest BCUT2D eigenvalue weighted by molar-refractivity contribution is 1.32. The highest BCUT2D eigenvalue weighted by Crippen LogP contribution is 1.92. The summed E-state index contributed by atoms with van der Waals surface area (Å²) in [5, 5.41) is 0. The normalized spacial score (nSPS) is 13.7. The maximum atomic E-state index is 3.93. The molecule has 0 rings (SSSR count). The molecule has 0 unspecified atom stereocenters. The van der Waals surface area contributed by atoms with Gasteiger partial charge in [-0.15, -0.1) is 0 Å². The first-order valence-corrected chi connectivity index (χ1v) is 2.79. The Bertz CT molecular complexity index is 154. The molecule has 50 valence electrons. The average molecular weight is 124 g/mol. The zero-order valence-electron chi connectivity index (χ0n) is 6.18. The molecule has 0 aliphatic heterocycles. The van der Waals surface area contributed by atoms with Crippen LogP contribution in [0.4, 0.5) is 0 Å². The van der Waals surface area contributed by atoms with E-state index in [2.05, 4.69) is 16.7 Å². The van der Waals surface area contributed by atoms with Crippen LogP contribution in [0.5, 0.6) is 0 Å². The summed E-state index contributed by atoms with van der Waals surface area (Å²) in [7, 11) is 1.75. The summed E-state index contributed by atoms with van der Waals surface area (Å²) in [5.74, 6) is 0. The van der Waals surface area contributed by atoms with Crippen LogP contribution in [-0.2, 0) is 0 Å². The van der Waals surface area contributed by atoms with Gasteiger partial charge in [0.25, 0.3) is 0 Å². The van der Waals surface area contributed by atoms with Crippen LogP contribution >= 0.6 is 0 Å². The molecule has 0 heterocycles. The maximum Gasteiger partial charge on any atom is 0.0383 e. The maximum absolute atomic E-state index is 3.93. The summed E-state index contributed by atoms with van der Waals surface area (Å²) in [4.78, 5) is 7.64. The van der Waals surface area contributed by atoms with Gasteiger partial charge in [0.2, 0.25) is 0 Å². The minimum atomic E-state index is 0.901. The Morgan fingerprint density at radius 1 is 1.44 bits per heavy atom. The van der Waals surface area contributed by atoms with Crippen molar-refractivity contribution in [1.29, 1.82) is 0 Å². The van der Waals surface area contributed by atoms with Gasteiger partial charge in [-0.3, -0.25) is 9.98 Å². The molecule has 0 aliphatic carbocycles. The van der Waals surface area contributed by atoms with Crippen LogP contribution < -0.4 is 0 Å². The van der Waals surface area contributed by atoms with Crippen molar-refractivity contribution < 1.29 is 0 Å². The fourth-order valence-corrected chi connectivity index (χ4v) is 0.412. The van der Waals surface area contributed by atoms with Gasteiger partial charge < -0.3 is 0 Å². The van der Waals surface area contributed by atoms with Crippen molar-refractivity contribution in [3.63, 3.8) is 0 Å². The first-order chi connectivity index (χ1) is 4.20. The van der Waals surface area contributed by atoms with E-state index < -0.39 is 0 Å². The Morgan fingerprint density at radius 3 is 2.33 bits per heavy atom. The molecule has 0 saturated heterocycles. The number of nitrogens with zero attached hydrogens (tertiary/aromatic N) is 2. The largest absolute Gasteiger partial charge is 0.293 e. The van der Waals surface area contributed by atoms with E-state index in [9.17, 15) is 0 Å². The molecule has 0 aromatic carbocycles. The second-order valence-electron chi connectivity index (χ2n) is 1.81. The zero-order chi connectivity index (χ0) is 7.28. The van der Waals surface area contributed by atoms with Crippen LogP contribution in [0.2, 0.25) is 0 Å². The van der Waals surface area contributed by atoms with E-state index >= 15 is 0 Å². The molecule has 0 saturated carbocycles. The molecule has 0 radical (unpaired) electrons. The van der Waals surface area contributed by atoms with Gasteiger partial charge in [-0.05, 0) is 26.6 Å². The van der Waals surface area contributed by atoms with Gasteiger partial charge in [0.1, 0.15) is 0 Å². The zero-order valence-corrected chi connectivity index (χ0v) is 6.18.